The number of hydrogen-bond acceptors (Lipinski definition) is 3. The molecule has 0 fully saturated rings. The molecule has 3 aromatic rings. The van der Waals surface area contributed by atoms with Crippen LogP contribution in [0.1, 0.15) is 10.4 Å². The summed E-state index contributed by atoms with van der Waals surface area (Å²) in [6, 6.07) is 8.60. The van der Waals surface area contributed by atoms with Crippen LogP contribution in [-0.2, 0) is 0 Å². The molecule has 0 aliphatic rings. The number of nitrogens with zero attached hydrogens (tertiary/aromatic N) is 2. The second-order valence-corrected chi connectivity index (χ2v) is 3.74. The summed E-state index contributed by atoms with van der Waals surface area (Å²) in [6.07, 6.45) is 3.43. The average Bonchev–Trinajstić information content (AvgIpc) is 2.38. The third-order valence-electron chi connectivity index (χ3n) is 2.68. The monoisotopic (exact) mass is 224 g/mol. The van der Waals surface area contributed by atoms with Crippen molar-refractivity contribution in [3.63, 3.8) is 0 Å². The number of carboxylic acids is 1. The topological polar surface area (TPSA) is 63.1 Å². The molecular weight excluding hydrogens is 216 g/mol. The van der Waals surface area contributed by atoms with Crippen molar-refractivity contribution < 1.29 is 9.90 Å². The Balaban J connectivity index is 2.46. The van der Waals surface area contributed by atoms with E-state index in [0.717, 1.165) is 21.8 Å². The van der Waals surface area contributed by atoms with E-state index in [9.17, 15) is 4.79 Å². The first-order valence-corrected chi connectivity index (χ1v) is 5.12. The summed E-state index contributed by atoms with van der Waals surface area (Å²) in [6.45, 7) is 0. The van der Waals surface area contributed by atoms with Crippen LogP contribution in [0, 0.1) is 0 Å². The van der Waals surface area contributed by atoms with Crippen LogP contribution in [0.3, 0.4) is 0 Å². The van der Waals surface area contributed by atoms with Crippen LogP contribution < -0.4 is 0 Å². The predicted octanol–water partition coefficient (Wildman–Crippen LogP) is 2.48. The van der Waals surface area contributed by atoms with E-state index in [1.807, 2.05) is 12.1 Å². The van der Waals surface area contributed by atoms with Crippen LogP contribution in [0.25, 0.3) is 21.8 Å². The molecule has 0 aliphatic carbocycles. The molecule has 0 amide bonds. The summed E-state index contributed by atoms with van der Waals surface area (Å²) in [7, 11) is 0. The Morgan fingerprint density at radius 3 is 2.88 bits per heavy atom. The van der Waals surface area contributed by atoms with Crippen molar-refractivity contribution in [2.24, 2.45) is 0 Å². The van der Waals surface area contributed by atoms with E-state index in [2.05, 4.69) is 9.97 Å². The van der Waals surface area contributed by atoms with Crippen LogP contribution in [0.5, 0.6) is 0 Å². The van der Waals surface area contributed by atoms with Crippen LogP contribution in [-0.4, -0.2) is 21.0 Å². The molecule has 1 aromatic carbocycles. The molecule has 2 heterocycles. The van der Waals surface area contributed by atoms with Gasteiger partial charge in [0.2, 0.25) is 0 Å². The molecule has 2 aromatic heterocycles. The number of carboxylic acid groups (broad SMARTS) is 1. The summed E-state index contributed by atoms with van der Waals surface area (Å²) >= 11 is 0. The Kier molecular flexibility index (Phi) is 2.01. The lowest BCUT2D eigenvalue weighted by Gasteiger charge is -2.02. The van der Waals surface area contributed by atoms with Crippen molar-refractivity contribution in [3.05, 3.63) is 48.3 Å². The van der Waals surface area contributed by atoms with Crippen LogP contribution in [0.15, 0.2) is 42.7 Å². The summed E-state index contributed by atoms with van der Waals surface area (Å²) in [5.74, 6) is -0.945. The largest absolute Gasteiger partial charge is 0.478 e. The number of pyridine rings is 2. The Morgan fingerprint density at radius 2 is 2.06 bits per heavy atom. The molecular formula is C13H8N2O2. The van der Waals surface area contributed by atoms with E-state index in [4.69, 9.17) is 5.11 Å². The lowest BCUT2D eigenvalue weighted by atomic mass is 10.1. The lowest BCUT2D eigenvalue weighted by molar-refractivity contribution is 0.0697. The first kappa shape index (κ1) is 9.72. The minimum Gasteiger partial charge on any atom is -0.478 e. The van der Waals surface area contributed by atoms with Crippen molar-refractivity contribution in [2.45, 2.75) is 0 Å². The van der Waals surface area contributed by atoms with Gasteiger partial charge in [-0.2, -0.15) is 0 Å². The van der Waals surface area contributed by atoms with Gasteiger partial charge in [-0.3, -0.25) is 9.97 Å². The number of aromatic nitrogens is 2. The molecule has 0 spiro atoms. The molecule has 0 saturated carbocycles. The van der Waals surface area contributed by atoms with Crippen LogP contribution in [0.2, 0.25) is 0 Å². The SMILES string of the molecule is O=C(O)c1ccc2ncc3cccnc3c2c1. The zero-order chi connectivity index (χ0) is 11.8. The van der Waals surface area contributed by atoms with Crippen molar-refractivity contribution >= 4 is 27.8 Å². The Labute approximate surface area is 96.6 Å². The van der Waals surface area contributed by atoms with E-state index in [0.29, 0.717) is 0 Å². The number of rotatable bonds is 1. The number of aromatic carboxylic acids is 1. The maximum atomic E-state index is 10.9. The summed E-state index contributed by atoms with van der Waals surface area (Å²) < 4.78 is 0. The minimum atomic E-state index is -0.945. The zero-order valence-corrected chi connectivity index (χ0v) is 8.79. The van der Waals surface area contributed by atoms with Gasteiger partial charge in [-0.25, -0.2) is 4.79 Å². The van der Waals surface area contributed by atoms with Crippen molar-refractivity contribution in [3.8, 4) is 0 Å². The zero-order valence-electron chi connectivity index (χ0n) is 8.79. The molecule has 0 radical (unpaired) electrons. The molecule has 4 heteroatoms. The van der Waals surface area contributed by atoms with E-state index in [-0.39, 0.29) is 5.56 Å². The van der Waals surface area contributed by atoms with Crippen molar-refractivity contribution in [1.29, 1.82) is 0 Å². The minimum absolute atomic E-state index is 0.248. The van der Waals surface area contributed by atoms with Crippen LogP contribution in [0.4, 0.5) is 0 Å². The second kappa shape index (κ2) is 3.52. The molecule has 0 atom stereocenters. The number of fused-ring (bicyclic) bond motifs is 3. The van der Waals surface area contributed by atoms with E-state index >= 15 is 0 Å². The van der Waals surface area contributed by atoms with Gasteiger partial charge in [0.05, 0.1) is 16.6 Å². The van der Waals surface area contributed by atoms with Gasteiger partial charge in [-0.05, 0) is 30.3 Å². The quantitative estimate of drug-likeness (QED) is 0.645. The molecule has 1 N–H and O–H groups in total. The summed E-state index contributed by atoms with van der Waals surface area (Å²) in [4.78, 5) is 19.5. The highest BCUT2D eigenvalue weighted by molar-refractivity contribution is 6.05. The van der Waals surface area contributed by atoms with Crippen molar-refractivity contribution in [1.82, 2.24) is 9.97 Å². The molecule has 3 rings (SSSR count). The Bertz CT molecular complexity index is 738. The van der Waals surface area contributed by atoms with E-state index < -0.39 is 5.97 Å². The number of benzene rings is 1. The highest BCUT2D eigenvalue weighted by Crippen LogP contribution is 2.22. The van der Waals surface area contributed by atoms with E-state index in [1.165, 1.54) is 0 Å². The van der Waals surface area contributed by atoms with Gasteiger partial charge in [0, 0.05) is 23.2 Å². The Morgan fingerprint density at radius 1 is 1.18 bits per heavy atom. The standard InChI is InChI=1S/C13H8N2O2/c16-13(17)8-3-4-11-10(6-8)12-9(7-15-11)2-1-5-14-12/h1-7H,(H,16,17). The molecule has 0 bridgehead atoms. The van der Waals surface area contributed by atoms with Gasteiger partial charge in [0.25, 0.3) is 0 Å². The molecule has 0 aliphatic heterocycles. The average molecular weight is 224 g/mol. The third-order valence-corrected chi connectivity index (χ3v) is 2.68. The maximum absolute atomic E-state index is 10.9. The van der Waals surface area contributed by atoms with Crippen LogP contribution >= 0.6 is 0 Å². The second-order valence-electron chi connectivity index (χ2n) is 3.74. The molecule has 0 unspecified atom stereocenters. The van der Waals surface area contributed by atoms with Gasteiger partial charge in [0.15, 0.2) is 0 Å². The van der Waals surface area contributed by atoms with Gasteiger partial charge in [0.1, 0.15) is 0 Å². The van der Waals surface area contributed by atoms with Gasteiger partial charge < -0.3 is 5.11 Å². The fraction of sp³-hybridized carbons (Fsp3) is 0. The smallest absolute Gasteiger partial charge is 0.335 e. The molecule has 0 saturated heterocycles. The highest BCUT2D eigenvalue weighted by atomic mass is 16.4. The van der Waals surface area contributed by atoms with Crippen molar-refractivity contribution in [2.75, 3.05) is 0 Å². The highest BCUT2D eigenvalue weighted by Gasteiger charge is 2.07. The molecule has 82 valence electrons. The third kappa shape index (κ3) is 1.50. The van der Waals surface area contributed by atoms with Gasteiger partial charge >= 0.3 is 5.97 Å². The van der Waals surface area contributed by atoms with E-state index in [1.54, 1.807) is 30.6 Å². The molecule has 4 nitrogen and oxygen atoms in total. The Hall–Kier alpha value is -2.49. The maximum Gasteiger partial charge on any atom is 0.335 e. The summed E-state index contributed by atoms with van der Waals surface area (Å²) in [5, 5.41) is 10.6. The fourth-order valence-corrected chi connectivity index (χ4v) is 1.86. The first-order valence-electron chi connectivity index (χ1n) is 5.12. The fourth-order valence-electron chi connectivity index (χ4n) is 1.86. The normalized spacial score (nSPS) is 10.8. The van der Waals surface area contributed by atoms with Gasteiger partial charge in [-0.15, -0.1) is 0 Å². The lowest BCUT2D eigenvalue weighted by Crippen LogP contribution is -1.96. The van der Waals surface area contributed by atoms with Gasteiger partial charge in [-0.1, -0.05) is 0 Å². The summed E-state index contributed by atoms with van der Waals surface area (Å²) in [5.41, 5.74) is 1.78. The first-order chi connectivity index (χ1) is 8.25. The number of hydrogen-bond donors (Lipinski definition) is 1. The molecule has 17 heavy (non-hydrogen) atoms. The predicted molar refractivity (Wildman–Crippen MR) is 64.0 cm³/mol. The number of carbonyl (C=O) groups is 1.